The molecule has 1 aliphatic heterocycles. The van der Waals surface area contributed by atoms with Gasteiger partial charge in [0.15, 0.2) is 0 Å². The molecule has 0 saturated heterocycles. The first-order valence-corrected chi connectivity index (χ1v) is 4.48. The van der Waals surface area contributed by atoms with Crippen LogP contribution in [0.2, 0.25) is 0 Å². The average molecular weight is 186 g/mol. The fraction of sp³-hybridized carbons (Fsp3) is 0.571. The predicted molar refractivity (Wildman–Crippen MR) is 53.8 cm³/mol. The van der Waals surface area contributed by atoms with Gasteiger partial charge >= 0.3 is 0 Å². The summed E-state index contributed by atoms with van der Waals surface area (Å²) in [6.45, 7) is 1.89. The fourth-order valence-corrected chi connectivity index (χ4v) is 1.80. The van der Waals surface area contributed by atoms with Crippen molar-refractivity contribution >= 4 is 18.2 Å². The zero-order chi connectivity index (χ0) is 9.19. The van der Waals surface area contributed by atoms with E-state index in [1.54, 1.807) is 13.3 Å². The number of likely N-dealkylation sites (N-methyl/N-ethyl adjacent to an activating group) is 1. The number of nitrogens with zero attached hydrogens (tertiary/aromatic N) is 1. The molecule has 1 aliphatic rings. The van der Waals surface area contributed by atoms with Crippen LogP contribution in [0.4, 0.5) is 0 Å². The lowest BCUT2D eigenvalue weighted by molar-refractivity contribution is 0.675. The standard InChI is InChI=1S/C7H14N4S/c1-7(9)3-5(6(8)10-2)12-11-4-7/h3-4,6,10H,8-9H2,1-2H3. The summed E-state index contributed by atoms with van der Waals surface area (Å²) in [5, 5.41) is 2.93. The topological polar surface area (TPSA) is 76.4 Å². The Morgan fingerprint density at radius 2 is 2.42 bits per heavy atom. The Balaban J connectivity index is 2.74. The van der Waals surface area contributed by atoms with Gasteiger partial charge in [0.05, 0.1) is 11.7 Å². The molecule has 0 amide bonds. The van der Waals surface area contributed by atoms with Crippen LogP contribution in [0.1, 0.15) is 6.92 Å². The second-order valence-corrected chi connectivity index (χ2v) is 3.87. The minimum atomic E-state index is -0.463. The SMILES string of the molecule is CNC(N)C1=CC(C)(N)C=NS1. The van der Waals surface area contributed by atoms with Crippen molar-refractivity contribution in [2.45, 2.75) is 18.6 Å². The summed E-state index contributed by atoms with van der Waals surface area (Å²) in [7, 11) is 1.80. The van der Waals surface area contributed by atoms with Gasteiger partial charge in [-0.3, -0.25) is 0 Å². The van der Waals surface area contributed by atoms with Gasteiger partial charge in [-0.05, 0) is 20.0 Å². The molecule has 0 aromatic rings. The van der Waals surface area contributed by atoms with E-state index >= 15 is 0 Å². The van der Waals surface area contributed by atoms with Crippen LogP contribution in [0.15, 0.2) is 15.4 Å². The zero-order valence-electron chi connectivity index (χ0n) is 7.24. The molecule has 2 atom stereocenters. The molecule has 0 spiro atoms. The summed E-state index contributed by atoms with van der Waals surface area (Å²) < 4.78 is 4.06. The van der Waals surface area contributed by atoms with Crippen LogP contribution in [0.5, 0.6) is 0 Å². The van der Waals surface area contributed by atoms with E-state index in [2.05, 4.69) is 9.71 Å². The summed E-state index contributed by atoms with van der Waals surface area (Å²) in [6.07, 6.45) is 3.46. The predicted octanol–water partition coefficient (Wildman–Crippen LogP) is -0.175. The molecular weight excluding hydrogens is 172 g/mol. The maximum Gasteiger partial charge on any atom is 0.0883 e. The first-order valence-electron chi connectivity index (χ1n) is 3.71. The van der Waals surface area contributed by atoms with Crippen molar-refractivity contribution in [2.24, 2.45) is 15.9 Å². The molecule has 0 aliphatic carbocycles. The van der Waals surface area contributed by atoms with Crippen molar-refractivity contribution in [1.82, 2.24) is 5.32 Å². The van der Waals surface area contributed by atoms with Crippen molar-refractivity contribution in [2.75, 3.05) is 7.05 Å². The van der Waals surface area contributed by atoms with Crippen LogP contribution in [0, 0.1) is 0 Å². The molecule has 0 fully saturated rings. The summed E-state index contributed by atoms with van der Waals surface area (Å²) in [5.41, 5.74) is 11.1. The number of hydrogen-bond donors (Lipinski definition) is 3. The van der Waals surface area contributed by atoms with Crippen LogP contribution in [0.25, 0.3) is 0 Å². The van der Waals surface area contributed by atoms with Gasteiger partial charge in [-0.1, -0.05) is 0 Å². The quantitative estimate of drug-likeness (QED) is 0.413. The Morgan fingerprint density at radius 1 is 1.75 bits per heavy atom. The lowest BCUT2D eigenvalue weighted by Crippen LogP contribution is -2.41. The molecule has 4 nitrogen and oxygen atoms in total. The summed E-state index contributed by atoms with van der Waals surface area (Å²) in [5.74, 6) is 0. The number of rotatable bonds is 2. The fourth-order valence-electron chi connectivity index (χ4n) is 0.860. The lowest BCUT2D eigenvalue weighted by Gasteiger charge is -2.22. The second kappa shape index (κ2) is 3.57. The first kappa shape index (κ1) is 9.73. The van der Waals surface area contributed by atoms with Gasteiger partial charge in [0.25, 0.3) is 0 Å². The molecule has 1 heterocycles. The van der Waals surface area contributed by atoms with Gasteiger partial charge in [-0.25, -0.2) is 4.40 Å². The third-order valence-corrected chi connectivity index (χ3v) is 2.35. The molecule has 2 unspecified atom stereocenters. The van der Waals surface area contributed by atoms with Crippen LogP contribution in [0.3, 0.4) is 0 Å². The molecule has 0 aromatic heterocycles. The van der Waals surface area contributed by atoms with E-state index < -0.39 is 5.54 Å². The van der Waals surface area contributed by atoms with E-state index in [0.29, 0.717) is 0 Å². The molecule has 0 radical (unpaired) electrons. The van der Waals surface area contributed by atoms with Crippen molar-refractivity contribution < 1.29 is 0 Å². The third-order valence-electron chi connectivity index (χ3n) is 1.56. The van der Waals surface area contributed by atoms with E-state index in [-0.39, 0.29) is 6.17 Å². The van der Waals surface area contributed by atoms with Crippen LogP contribution in [-0.2, 0) is 0 Å². The Morgan fingerprint density at radius 3 is 2.92 bits per heavy atom. The summed E-state index contributed by atoms with van der Waals surface area (Å²) >= 11 is 1.36. The van der Waals surface area contributed by atoms with Gasteiger partial charge in [0.2, 0.25) is 0 Å². The Bertz CT molecular complexity index is 221. The Labute approximate surface area is 76.6 Å². The zero-order valence-corrected chi connectivity index (χ0v) is 8.06. The average Bonchev–Trinajstić information content (AvgIpc) is 2.01. The highest BCUT2D eigenvalue weighted by atomic mass is 32.2. The summed E-state index contributed by atoms with van der Waals surface area (Å²) in [4.78, 5) is 0.963. The second-order valence-electron chi connectivity index (χ2n) is 3.00. The number of hydrogen-bond acceptors (Lipinski definition) is 5. The molecular formula is C7H14N4S. The highest BCUT2D eigenvalue weighted by molar-refractivity contribution is 8.02. The molecule has 12 heavy (non-hydrogen) atoms. The molecule has 0 bridgehead atoms. The largest absolute Gasteiger partial charge is 0.318 e. The molecule has 1 rings (SSSR count). The smallest absolute Gasteiger partial charge is 0.0883 e. The van der Waals surface area contributed by atoms with Gasteiger partial charge in [-0.2, -0.15) is 0 Å². The molecule has 0 saturated carbocycles. The van der Waals surface area contributed by atoms with Crippen molar-refractivity contribution in [3.05, 3.63) is 11.0 Å². The third kappa shape index (κ3) is 2.31. The number of nitrogens with one attached hydrogen (secondary N) is 1. The summed E-state index contributed by atoms with van der Waals surface area (Å²) in [6, 6.07) is 0. The molecule has 5 heteroatoms. The van der Waals surface area contributed by atoms with Crippen molar-refractivity contribution in [3.8, 4) is 0 Å². The normalized spacial score (nSPS) is 31.5. The maximum absolute atomic E-state index is 5.84. The minimum absolute atomic E-state index is 0.171. The van der Waals surface area contributed by atoms with E-state index in [4.69, 9.17) is 11.5 Å². The minimum Gasteiger partial charge on any atom is -0.318 e. The van der Waals surface area contributed by atoms with E-state index in [9.17, 15) is 0 Å². The van der Waals surface area contributed by atoms with Gasteiger partial charge < -0.3 is 16.8 Å². The van der Waals surface area contributed by atoms with E-state index in [1.807, 2.05) is 13.0 Å². The highest BCUT2D eigenvalue weighted by Gasteiger charge is 2.20. The maximum atomic E-state index is 5.84. The Hall–Kier alpha value is -0.360. The van der Waals surface area contributed by atoms with Crippen LogP contribution in [-0.4, -0.2) is 25.0 Å². The molecule has 5 N–H and O–H groups in total. The van der Waals surface area contributed by atoms with Crippen molar-refractivity contribution in [1.29, 1.82) is 0 Å². The Kier molecular flexibility index (Phi) is 2.89. The van der Waals surface area contributed by atoms with Gasteiger partial charge in [0.1, 0.15) is 0 Å². The van der Waals surface area contributed by atoms with Gasteiger partial charge in [-0.15, -0.1) is 0 Å². The number of nitrogens with two attached hydrogens (primary N) is 2. The van der Waals surface area contributed by atoms with Crippen LogP contribution >= 0.6 is 11.9 Å². The van der Waals surface area contributed by atoms with Crippen molar-refractivity contribution in [3.63, 3.8) is 0 Å². The monoisotopic (exact) mass is 186 g/mol. The van der Waals surface area contributed by atoms with Gasteiger partial charge in [0, 0.05) is 23.1 Å². The molecule has 0 aromatic carbocycles. The molecule has 68 valence electrons. The lowest BCUT2D eigenvalue weighted by atomic mass is 10.1. The van der Waals surface area contributed by atoms with E-state index in [1.165, 1.54) is 11.9 Å². The van der Waals surface area contributed by atoms with E-state index in [0.717, 1.165) is 4.91 Å². The first-order chi connectivity index (χ1) is 5.55. The van der Waals surface area contributed by atoms with Crippen LogP contribution < -0.4 is 16.8 Å². The highest BCUT2D eigenvalue weighted by Crippen LogP contribution is 2.25.